The molecule has 1 rings (SSSR count). The van der Waals surface area contributed by atoms with Gasteiger partial charge in [0.25, 0.3) is 0 Å². The summed E-state index contributed by atoms with van der Waals surface area (Å²) in [6.45, 7) is 12.8. The first-order valence-corrected chi connectivity index (χ1v) is 6.29. The second kappa shape index (κ2) is 6.22. The summed E-state index contributed by atoms with van der Waals surface area (Å²) < 4.78 is 11.3. The van der Waals surface area contributed by atoms with E-state index in [2.05, 4.69) is 19.2 Å². The largest absolute Gasteiger partial charge is 0.462 e. The molecule has 17 heavy (non-hydrogen) atoms. The van der Waals surface area contributed by atoms with E-state index in [1.54, 1.807) is 0 Å². The van der Waals surface area contributed by atoms with Gasteiger partial charge in [-0.2, -0.15) is 0 Å². The Bertz CT molecular complexity index is 323. The molecule has 0 atom stereocenters. The van der Waals surface area contributed by atoms with Crippen molar-refractivity contribution in [1.82, 2.24) is 5.32 Å². The number of nitrogens with one attached hydrogen (secondary N) is 1. The van der Waals surface area contributed by atoms with Crippen molar-refractivity contribution < 1.29 is 9.15 Å². The van der Waals surface area contributed by atoms with Crippen LogP contribution in [0.5, 0.6) is 0 Å². The van der Waals surface area contributed by atoms with Crippen LogP contribution in [0, 0.1) is 5.92 Å². The van der Waals surface area contributed by atoms with E-state index < -0.39 is 0 Å². The van der Waals surface area contributed by atoms with Crippen LogP contribution in [0.2, 0.25) is 0 Å². The smallest absolute Gasteiger partial charge is 0.129 e. The van der Waals surface area contributed by atoms with Crippen LogP contribution in [0.1, 0.15) is 46.1 Å². The number of ether oxygens (including phenoxy) is 1. The van der Waals surface area contributed by atoms with Crippen molar-refractivity contribution in [3.8, 4) is 0 Å². The van der Waals surface area contributed by atoms with Crippen LogP contribution < -0.4 is 5.32 Å². The van der Waals surface area contributed by atoms with Crippen LogP contribution in [-0.4, -0.2) is 12.1 Å². The van der Waals surface area contributed by atoms with E-state index in [-0.39, 0.29) is 5.60 Å². The Morgan fingerprint density at radius 3 is 2.47 bits per heavy atom. The summed E-state index contributed by atoms with van der Waals surface area (Å²) in [7, 11) is 0. The molecule has 1 heterocycles. The second-order valence-corrected chi connectivity index (χ2v) is 5.79. The Morgan fingerprint density at radius 1 is 1.24 bits per heavy atom. The van der Waals surface area contributed by atoms with Gasteiger partial charge in [-0.3, -0.25) is 0 Å². The van der Waals surface area contributed by atoms with Crippen LogP contribution in [0.25, 0.3) is 0 Å². The fourth-order valence-electron chi connectivity index (χ4n) is 1.37. The highest BCUT2D eigenvalue weighted by Crippen LogP contribution is 2.14. The molecule has 1 aromatic heterocycles. The van der Waals surface area contributed by atoms with Gasteiger partial charge < -0.3 is 14.5 Å². The molecule has 0 saturated heterocycles. The molecule has 0 bridgehead atoms. The SMILES string of the molecule is CC(C)CNCc1ccc(COC(C)(C)C)o1. The van der Waals surface area contributed by atoms with Gasteiger partial charge in [0.05, 0.1) is 12.1 Å². The topological polar surface area (TPSA) is 34.4 Å². The highest BCUT2D eigenvalue weighted by molar-refractivity contribution is 5.06. The third-order valence-corrected chi connectivity index (χ3v) is 2.22. The maximum Gasteiger partial charge on any atom is 0.129 e. The number of furan rings is 1. The van der Waals surface area contributed by atoms with E-state index in [0.29, 0.717) is 12.5 Å². The maximum atomic E-state index is 5.67. The zero-order chi connectivity index (χ0) is 12.9. The molecule has 0 unspecified atom stereocenters. The van der Waals surface area contributed by atoms with E-state index in [9.17, 15) is 0 Å². The van der Waals surface area contributed by atoms with Gasteiger partial charge in [-0.05, 0) is 45.4 Å². The van der Waals surface area contributed by atoms with Gasteiger partial charge in [-0.1, -0.05) is 13.8 Å². The first-order valence-electron chi connectivity index (χ1n) is 6.29. The molecule has 0 radical (unpaired) electrons. The summed E-state index contributed by atoms with van der Waals surface area (Å²) in [5.41, 5.74) is -0.122. The molecule has 98 valence electrons. The average Bonchev–Trinajstić information content (AvgIpc) is 2.61. The summed E-state index contributed by atoms with van der Waals surface area (Å²) in [6.07, 6.45) is 0. The van der Waals surface area contributed by atoms with Crippen LogP contribution in [-0.2, 0) is 17.9 Å². The first-order chi connectivity index (χ1) is 7.87. The average molecular weight is 239 g/mol. The van der Waals surface area contributed by atoms with Crippen molar-refractivity contribution in [3.05, 3.63) is 23.7 Å². The van der Waals surface area contributed by atoms with Gasteiger partial charge >= 0.3 is 0 Å². The van der Waals surface area contributed by atoms with E-state index in [0.717, 1.165) is 24.6 Å². The number of rotatable bonds is 6. The summed E-state index contributed by atoms with van der Waals surface area (Å²) in [5.74, 6) is 2.52. The van der Waals surface area contributed by atoms with Crippen LogP contribution in [0.3, 0.4) is 0 Å². The predicted octanol–water partition coefficient (Wildman–Crippen LogP) is 3.34. The van der Waals surface area contributed by atoms with Crippen LogP contribution in [0.4, 0.5) is 0 Å². The Balaban J connectivity index is 2.32. The molecule has 3 nitrogen and oxygen atoms in total. The number of hydrogen-bond donors (Lipinski definition) is 1. The summed E-state index contributed by atoms with van der Waals surface area (Å²) in [4.78, 5) is 0. The molecular weight excluding hydrogens is 214 g/mol. The highest BCUT2D eigenvalue weighted by Gasteiger charge is 2.11. The first kappa shape index (κ1) is 14.3. The van der Waals surface area contributed by atoms with Gasteiger partial charge in [-0.25, -0.2) is 0 Å². The van der Waals surface area contributed by atoms with Gasteiger partial charge in [0.1, 0.15) is 18.1 Å². The molecule has 0 amide bonds. The van der Waals surface area contributed by atoms with Crippen molar-refractivity contribution in [2.45, 2.75) is 53.4 Å². The van der Waals surface area contributed by atoms with Gasteiger partial charge in [0.15, 0.2) is 0 Å². The highest BCUT2D eigenvalue weighted by atomic mass is 16.5. The number of hydrogen-bond acceptors (Lipinski definition) is 3. The van der Waals surface area contributed by atoms with Crippen molar-refractivity contribution in [3.63, 3.8) is 0 Å². The Morgan fingerprint density at radius 2 is 1.88 bits per heavy atom. The predicted molar refractivity (Wildman–Crippen MR) is 69.8 cm³/mol. The third kappa shape index (κ3) is 6.49. The molecule has 0 aliphatic rings. The second-order valence-electron chi connectivity index (χ2n) is 5.79. The molecule has 1 N–H and O–H groups in total. The molecule has 0 aliphatic carbocycles. The standard InChI is InChI=1S/C14H25NO2/c1-11(2)8-15-9-12-6-7-13(17-12)10-16-14(3,4)5/h6-7,11,15H,8-10H2,1-5H3. The zero-order valence-corrected chi connectivity index (χ0v) is 11.7. The van der Waals surface area contributed by atoms with Crippen molar-refractivity contribution in [2.24, 2.45) is 5.92 Å². The summed E-state index contributed by atoms with van der Waals surface area (Å²) in [5, 5.41) is 3.35. The lowest BCUT2D eigenvalue weighted by Crippen LogP contribution is -2.19. The molecule has 1 aromatic rings. The molecule has 0 aromatic carbocycles. The maximum absolute atomic E-state index is 5.67. The molecule has 0 spiro atoms. The van der Waals surface area contributed by atoms with E-state index >= 15 is 0 Å². The van der Waals surface area contributed by atoms with Gasteiger partial charge in [-0.15, -0.1) is 0 Å². The lowest BCUT2D eigenvalue weighted by molar-refractivity contribution is -0.0227. The minimum atomic E-state index is -0.122. The quantitative estimate of drug-likeness (QED) is 0.826. The Labute approximate surface area is 105 Å². The van der Waals surface area contributed by atoms with E-state index in [4.69, 9.17) is 9.15 Å². The summed E-state index contributed by atoms with van der Waals surface area (Å²) in [6, 6.07) is 3.99. The van der Waals surface area contributed by atoms with E-state index in [1.807, 2.05) is 32.9 Å². The minimum absolute atomic E-state index is 0.122. The fraction of sp³-hybridized carbons (Fsp3) is 0.714. The van der Waals surface area contributed by atoms with Crippen molar-refractivity contribution >= 4 is 0 Å². The van der Waals surface area contributed by atoms with Crippen molar-refractivity contribution in [1.29, 1.82) is 0 Å². The zero-order valence-electron chi connectivity index (χ0n) is 11.7. The fourth-order valence-corrected chi connectivity index (χ4v) is 1.37. The molecule has 0 saturated carbocycles. The molecule has 0 aliphatic heterocycles. The lowest BCUT2D eigenvalue weighted by Gasteiger charge is -2.18. The van der Waals surface area contributed by atoms with Crippen molar-refractivity contribution in [2.75, 3.05) is 6.54 Å². The third-order valence-electron chi connectivity index (χ3n) is 2.22. The van der Waals surface area contributed by atoms with Gasteiger partial charge in [0, 0.05) is 0 Å². The van der Waals surface area contributed by atoms with Gasteiger partial charge in [0.2, 0.25) is 0 Å². The molecular formula is C14H25NO2. The normalized spacial score (nSPS) is 12.4. The monoisotopic (exact) mass is 239 g/mol. The lowest BCUT2D eigenvalue weighted by atomic mass is 10.2. The molecule has 3 heteroatoms. The van der Waals surface area contributed by atoms with Crippen LogP contribution >= 0.6 is 0 Å². The Hall–Kier alpha value is -0.800. The summed E-state index contributed by atoms with van der Waals surface area (Å²) >= 11 is 0. The minimum Gasteiger partial charge on any atom is -0.462 e. The van der Waals surface area contributed by atoms with Crippen LogP contribution in [0.15, 0.2) is 16.5 Å². The van der Waals surface area contributed by atoms with E-state index in [1.165, 1.54) is 0 Å². The molecule has 0 fully saturated rings. The Kier molecular flexibility index (Phi) is 5.22.